The number of nitrogens with zero attached hydrogens (tertiary/aromatic N) is 1. The van der Waals surface area contributed by atoms with E-state index >= 15 is 0 Å². The molecule has 1 aromatic carbocycles. The Labute approximate surface area is 160 Å². The van der Waals surface area contributed by atoms with Gasteiger partial charge in [-0.2, -0.15) is 0 Å². The number of likely N-dealkylation sites (tertiary alicyclic amines) is 1. The van der Waals surface area contributed by atoms with Gasteiger partial charge < -0.3 is 14.8 Å². The zero-order valence-corrected chi connectivity index (χ0v) is 16.5. The number of amides is 1. The van der Waals surface area contributed by atoms with Crippen LogP contribution in [0.4, 0.5) is 5.69 Å². The first kappa shape index (κ1) is 20.2. The average molecular weight is 397 g/mol. The summed E-state index contributed by atoms with van der Waals surface area (Å²) in [5.41, 5.74) is 2.06. The summed E-state index contributed by atoms with van der Waals surface area (Å²) in [5, 5.41) is 8.05. The number of sulfonamides is 1. The molecule has 0 saturated carbocycles. The monoisotopic (exact) mass is 397 g/mol. The van der Waals surface area contributed by atoms with Gasteiger partial charge in [-0.3, -0.25) is 9.69 Å². The van der Waals surface area contributed by atoms with Crippen LogP contribution in [-0.4, -0.2) is 58.4 Å². The number of hydrogen-bond acceptors (Lipinski definition) is 6. The van der Waals surface area contributed by atoms with Crippen LogP contribution >= 0.6 is 0 Å². The van der Waals surface area contributed by atoms with Gasteiger partial charge in [-0.1, -0.05) is 0 Å². The van der Waals surface area contributed by atoms with Gasteiger partial charge in [0.1, 0.15) is 0 Å². The SMILES string of the molecule is Cc1cc(S(N)(=O)=O)cc(NC(=O)CN2CCC(C3OCCO3)CC2)c1C. The number of hydrogen-bond donors (Lipinski definition) is 2. The maximum atomic E-state index is 12.5. The van der Waals surface area contributed by atoms with Crippen molar-refractivity contribution in [1.29, 1.82) is 0 Å². The number of nitrogens with two attached hydrogens (primary N) is 1. The van der Waals surface area contributed by atoms with E-state index in [1.807, 2.05) is 6.92 Å². The van der Waals surface area contributed by atoms with Gasteiger partial charge in [0, 0.05) is 11.6 Å². The number of carbonyl (C=O) groups excluding carboxylic acids is 1. The molecule has 0 bridgehead atoms. The van der Waals surface area contributed by atoms with E-state index in [1.165, 1.54) is 12.1 Å². The predicted octanol–water partition coefficient (Wildman–Crippen LogP) is 0.974. The molecule has 2 heterocycles. The van der Waals surface area contributed by atoms with Gasteiger partial charge in [0.05, 0.1) is 24.7 Å². The van der Waals surface area contributed by atoms with E-state index in [0.717, 1.165) is 37.1 Å². The van der Waals surface area contributed by atoms with Crippen LogP contribution < -0.4 is 10.5 Å². The summed E-state index contributed by atoms with van der Waals surface area (Å²) < 4.78 is 34.4. The minimum atomic E-state index is -3.83. The summed E-state index contributed by atoms with van der Waals surface area (Å²) >= 11 is 0. The van der Waals surface area contributed by atoms with Crippen LogP contribution in [0.15, 0.2) is 17.0 Å². The molecule has 0 radical (unpaired) electrons. The molecule has 2 fully saturated rings. The number of piperidine rings is 1. The molecule has 9 heteroatoms. The fourth-order valence-electron chi connectivity index (χ4n) is 3.55. The summed E-state index contributed by atoms with van der Waals surface area (Å²) in [6, 6.07) is 2.93. The summed E-state index contributed by atoms with van der Waals surface area (Å²) in [7, 11) is -3.83. The van der Waals surface area contributed by atoms with Gasteiger partial charge >= 0.3 is 0 Å². The highest BCUT2D eigenvalue weighted by atomic mass is 32.2. The lowest BCUT2D eigenvalue weighted by Gasteiger charge is -2.33. The number of aryl methyl sites for hydroxylation is 1. The van der Waals surface area contributed by atoms with Crippen LogP contribution in [-0.2, 0) is 24.3 Å². The second kappa shape index (κ2) is 8.24. The number of carbonyl (C=O) groups is 1. The molecular weight excluding hydrogens is 370 g/mol. The molecule has 1 amide bonds. The Bertz CT molecular complexity index is 797. The smallest absolute Gasteiger partial charge is 0.238 e. The van der Waals surface area contributed by atoms with E-state index in [0.29, 0.717) is 24.8 Å². The van der Waals surface area contributed by atoms with Gasteiger partial charge in [-0.05, 0) is 63.0 Å². The fourth-order valence-corrected chi connectivity index (χ4v) is 4.17. The van der Waals surface area contributed by atoms with Gasteiger partial charge in [0.25, 0.3) is 0 Å². The number of rotatable bonds is 5. The third-order valence-corrected chi connectivity index (χ3v) is 6.17. The minimum Gasteiger partial charge on any atom is -0.350 e. The molecule has 27 heavy (non-hydrogen) atoms. The van der Waals surface area contributed by atoms with Gasteiger partial charge in [0.2, 0.25) is 15.9 Å². The molecule has 0 aliphatic carbocycles. The Morgan fingerprint density at radius 1 is 1.22 bits per heavy atom. The van der Waals surface area contributed by atoms with Crippen LogP contribution in [0.1, 0.15) is 24.0 Å². The second-order valence-electron chi connectivity index (χ2n) is 7.23. The Kier molecular flexibility index (Phi) is 6.17. The Morgan fingerprint density at radius 2 is 1.85 bits per heavy atom. The summed E-state index contributed by atoms with van der Waals surface area (Å²) in [4.78, 5) is 14.5. The van der Waals surface area contributed by atoms with Gasteiger partial charge in [-0.25, -0.2) is 13.6 Å². The average Bonchev–Trinajstić information content (AvgIpc) is 3.13. The van der Waals surface area contributed by atoms with Crippen LogP contribution in [0.2, 0.25) is 0 Å². The van der Waals surface area contributed by atoms with Crippen LogP contribution in [0, 0.1) is 19.8 Å². The van der Waals surface area contributed by atoms with Crippen molar-refractivity contribution in [1.82, 2.24) is 4.90 Å². The second-order valence-corrected chi connectivity index (χ2v) is 8.79. The van der Waals surface area contributed by atoms with Crippen molar-refractivity contribution in [2.75, 3.05) is 38.2 Å². The first-order chi connectivity index (χ1) is 12.7. The lowest BCUT2D eigenvalue weighted by Crippen LogP contribution is -2.41. The van der Waals surface area contributed by atoms with Crippen LogP contribution in [0.25, 0.3) is 0 Å². The van der Waals surface area contributed by atoms with E-state index < -0.39 is 10.0 Å². The molecule has 3 N–H and O–H groups in total. The maximum Gasteiger partial charge on any atom is 0.238 e. The third kappa shape index (κ3) is 5.05. The number of primary sulfonamides is 1. The van der Waals surface area contributed by atoms with Gasteiger partial charge in [0.15, 0.2) is 6.29 Å². The number of nitrogens with one attached hydrogen (secondary N) is 1. The van der Waals surface area contributed by atoms with Gasteiger partial charge in [-0.15, -0.1) is 0 Å². The van der Waals surface area contributed by atoms with E-state index in [9.17, 15) is 13.2 Å². The third-order valence-electron chi connectivity index (χ3n) is 5.28. The number of anilines is 1. The largest absolute Gasteiger partial charge is 0.350 e. The van der Waals surface area contributed by atoms with Crippen molar-refractivity contribution >= 4 is 21.6 Å². The first-order valence-electron chi connectivity index (χ1n) is 9.13. The van der Waals surface area contributed by atoms with Crippen LogP contribution in [0.5, 0.6) is 0 Å². The Morgan fingerprint density at radius 3 is 2.44 bits per heavy atom. The molecule has 0 unspecified atom stereocenters. The first-order valence-corrected chi connectivity index (χ1v) is 10.7. The summed E-state index contributed by atoms with van der Waals surface area (Å²) in [6.07, 6.45) is 1.75. The van der Waals surface area contributed by atoms with E-state index in [-0.39, 0.29) is 23.6 Å². The molecule has 0 spiro atoms. The molecule has 150 valence electrons. The predicted molar refractivity (Wildman–Crippen MR) is 101 cm³/mol. The standard InChI is InChI=1S/C18H27N3O5S/c1-12-9-15(27(19,23)24)10-16(13(12)2)20-17(22)11-21-5-3-14(4-6-21)18-25-7-8-26-18/h9-10,14,18H,3-8,11H2,1-2H3,(H,20,22)(H2,19,23,24). The van der Waals surface area contributed by atoms with E-state index in [4.69, 9.17) is 14.6 Å². The maximum absolute atomic E-state index is 12.5. The Balaban J connectivity index is 1.57. The molecule has 2 aliphatic heterocycles. The molecule has 2 aliphatic rings. The zero-order valence-electron chi connectivity index (χ0n) is 15.7. The highest BCUT2D eigenvalue weighted by molar-refractivity contribution is 7.89. The van der Waals surface area contributed by atoms with E-state index in [2.05, 4.69) is 10.2 Å². The summed E-state index contributed by atoms with van der Waals surface area (Å²) in [5.74, 6) is 0.207. The molecule has 3 rings (SSSR count). The molecule has 0 atom stereocenters. The van der Waals surface area contributed by atoms with Crippen molar-refractivity contribution in [2.24, 2.45) is 11.1 Å². The molecule has 8 nitrogen and oxygen atoms in total. The number of benzene rings is 1. The van der Waals surface area contributed by atoms with Crippen molar-refractivity contribution in [3.63, 3.8) is 0 Å². The normalized spacial score (nSPS) is 20.1. The van der Waals surface area contributed by atoms with E-state index in [1.54, 1.807) is 6.92 Å². The van der Waals surface area contributed by atoms with Crippen molar-refractivity contribution < 1.29 is 22.7 Å². The minimum absolute atomic E-state index is 0.00159. The zero-order chi connectivity index (χ0) is 19.6. The molecular formula is C18H27N3O5S. The van der Waals surface area contributed by atoms with Crippen LogP contribution in [0.3, 0.4) is 0 Å². The lowest BCUT2D eigenvalue weighted by molar-refractivity contribution is -0.119. The quantitative estimate of drug-likeness (QED) is 0.766. The highest BCUT2D eigenvalue weighted by Gasteiger charge is 2.30. The fraction of sp³-hybridized carbons (Fsp3) is 0.611. The molecule has 0 aromatic heterocycles. The van der Waals surface area contributed by atoms with Crippen molar-refractivity contribution in [2.45, 2.75) is 37.9 Å². The topological polar surface area (TPSA) is 111 Å². The summed E-state index contributed by atoms with van der Waals surface area (Å²) in [6.45, 7) is 6.81. The molecule has 2 saturated heterocycles. The van der Waals surface area contributed by atoms with Crippen molar-refractivity contribution in [3.05, 3.63) is 23.3 Å². The lowest BCUT2D eigenvalue weighted by atomic mass is 9.96. The number of ether oxygens (including phenoxy) is 2. The Hall–Kier alpha value is -1.52. The molecule has 1 aromatic rings. The van der Waals surface area contributed by atoms with Crippen molar-refractivity contribution in [3.8, 4) is 0 Å². The highest BCUT2D eigenvalue weighted by Crippen LogP contribution is 2.26.